The normalized spacial score (nSPS) is 17.5. The maximum atomic E-state index is 14.1. The van der Waals surface area contributed by atoms with Crippen LogP contribution in [0.3, 0.4) is 0 Å². The summed E-state index contributed by atoms with van der Waals surface area (Å²) in [5, 5.41) is 15.5. The molecule has 2 aromatic heterocycles. The lowest BCUT2D eigenvalue weighted by atomic mass is 10.0. The number of benzene rings is 3. The smallest absolute Gasteiger partial charge is 0.256 e. The van der Waals surface area contributed by atoms with Gasteiger partial charge in [0.25, 0.3) is 5.91 Å². The molecule has 2 aliphatic heterocycles. The molecule has 1 saturated heterocycles. The monoisotopic (exact) mass is 734 g/mol. The predicted molar refractivity (Wildman–Crippen MR) is 187 cm³/mol. The van der Waals surface area contributed by atoms with Gasteiger partial charge in [-0.15, -0.1) is 10.2 Å². The number of thioether (sulfide) groups is 1. The standard InChI is InChI=1S/C35H32ClFN6O5S2/c1-23(34(44)43-31(32-6-3-17-48-32)21-30(40-43)25-9-11-27(36)12-10-25)49-35-39-38-33(42(35)22-24-7-13-28(37)14-8-24)26-4-2-5-29(20-26)50(45,46)41-15-18-47-19-16-41/h2-14,17,20,23,31H,15-16,18-19,21-22H2,1H3. The first kappa shape index (κ1) is 34.1. The molecule has 5 aromatic rings. The Bertz CT molecular complexity index is 2120. The number of hydrogen-bond donors (Lipinski definition) is 0. The van der Waals surface area contributed by atoms with Gasteiger partial charge in [-0.05, 0) is 66.6 Å². The SMILES string of the molecule is CC(Sc1nnc(-c2cccc(S(=O)(=O)N3CCOCC3)c2)n1Cc1ccc(F)cc1)C(=O)N1N=C(c2ccc(Cl)cc2)CC1c1ccco1. The fourth-order valence-electron chi connectivity index (χ4n) is 5.86. The Balaban J connectivity index is 1.20. The third-order valence-corrected chi connectivity index (χ3v) is 11.7. The second-order valence-corrected chi connectivity index (χ2v) is 15.5. The van der Waals surface area contributed by atoms with Crippen molar-refractivity contribution in [3.63, 3.8) is 0 Å². The number of hydrazone groups is 1. The molecule has 0 saturated carbocycles. The Morgan fingerprint density at radius 2 is 1.76 bits per heavy atom. The fraction of sp³-hybridized carbons (Fsp3) is 0.257. The van der Waals surface area contributed by atoms with E-state index in [9.17, 15) is 17.6 Å². The quantitative estimate of drug-likeness (QED) is 0.154. The summed E-state index contributed by atoms with van der Waals surface area (Å²) < 4.78 is 55.1. The summed E-state index contributed by atoms with van der Waals surface area (Å²) in [5.41, 5.74) is 2.86. The highest BCUT2D eigenvalue weighted by molar-refractivity contribution is 8.00. The lowest BCUT2D eigenvalue weighted by molar-refractivity contribution is -0.132. The molecule has 11 nitrogen and oxygen atoms in total. The summed E-state index contributed by atoms with van der Waals surface area (Å²) in [5.74, 6) is 0.366. The van der Waals surface area contributed by atoms with E-state index in [1.807, 2.05) is 18.2 Å². The van der Waals surface area contributed by atoms with E-state index in [0.29, 0.717) is 47.0 Å². The average molecular weight is 735 g/mol. The van der Waals surface area contributed by atoms with Crippen LogP contribution in [0.1, 0.15) is 36.3 Å². The minimum Gasteiger partial charge on any atom is -0.467 e. The van der Waals surface area contributed by atoms with Gasteiger partial charge in [0.2, 0.25) is 10.0 Å². The number of furan rings is 1. The number of ether oxygens (including phenoxy) is 1. The number of carbonyl (C=O) groups excluding carboxylic acids is 1. The van der Waals surface area contributed by atoms with Crippen LogP contribution in [0.5, 0.6) is 0 Å². The topological polar surface area (TPSA) is 123 Å². The highest BCUT2D eigenvalue weighted by Crippen LogP contribution is 2.37. The van der Waals surface area contributed by atoms with Crippen molar-refractivity contribution in [3.05, 3.63) is 119 Å². The van der Waals surface area contributed by atoms with Gasteiger partial charge in [-0.3, -0.25) is 9.36 Å². The summed E-state index contributed by atoms with van der Waals surface area (Å²) in [6.07, 6.45) is 2.02. The van der Waals surface area contributed by atoms with E-state index in [-0.39, 0.29) is 36.3 Å². The summed E-state index contributed by atoms with van der Waals surface area (Å²) in [6.45, 7) is 3.20. The maximum Gasteiger partial charge on any atom is 0.256 e. The summed E-state index contributed by atoms with van der Waals surface area (Å²) in [6, 6.07) is 23.0. The van der Waals surface area contributed by atoms with Gasteiger partial charge in [0, 0.05) is 30.1 Å². The van der Waals surface area contributed by atoms with Gasteiger partial charge >= 0.3 is 0 Å². The van der Waals surface area contributed by atoms with Crippen molar-refractivity contribution in [1.82, 2.24) is 24.1 Å². The van der Waals surface area contributed by atoms with Crippen molar-refractivity contribution in [2.24, 2.45) is 5.10 Å². The van der Waals surface area contributed by atoms with Crippen LogP contribution in [0, 0.1) is 5.82 Å². The predicted octanol–water partition coefficient (Wildman–Crippen LogP) is 6.26. The van der Waals surface area contributed by atoms with Gasteiger partial charge < -0.3 is 9.15 Å². The Morgan fingerprint density at radius 1 is 1.00 bits per heavy atom. The number of nitrogens with zero attached hydrogens (tertiary/aromatic N) is 6. The molecule has 258 valence electrons. The molecule has 3 aromatic carbocycles. The van der Waals surface area contributed by atoms with Crippen molar-refractivity contribution >= 4 is 45.0 Å². The Hall–Kier alpha value is -4.34. The first-order valence-corrected chi connectivity index (χ1v) is 18.6. The molecule has 4 heterocycles. The molecular weight excluding hydrogens is 703 g/mol. The zero-order valence-electron chi connectivity index (χ0n) is 26.9. The second-order valence-electron chi connectivity index (χ2n) is 11.8. The van der Waals surface area contributed by atoms with E-state index in [2.05, 4.69) is 10.2 Å². The van der Waals surface area contributed by atoms with Crippen molar-refractivity contribution < 1.29 is 26.8 Å². The van der Waals surface area contributed by atoms with E-state index in [4.69, 9.17) is 25.9 Å². The van der Waals surface area contributed by atoms with E-state index < -0.39 is 21.3 Å². The van der Waals surface area contributed by atoms with Crippen LogP contribution in [-0.2, 0) is 26.1 Å². The van der Waals surface area contributed by atoms with Crippen molar-refractivity contribution in [3.8, 4) is 11.4 Å². The van der Waals surface area contributed by atoms with Crippen LogP contribution < -0.4 is 0 Å². The number of hydrogen-bond acceptors (Lipinski definition) is 9. The number of rotatable bonds is 10. The van der Waals surface area contributed by atoms with Gasteiger partial charge in [-0.25, -0.2) is 17.8 Å². The summed E-state index contributed by atoms with van der Waals surface area (Å²) >= 11 is 7.31. The summed E-state index contributed by atoms with van der Waals surface area (Å²) in [4.78, 5) is 14.3. The van der Waals surface area contributed by atoms with E-state index >= 15 is 0 Å². The van der Waals surface area contributed by atoms with E-state index in [1.165, 1.54) is 33.2 Å². The van der Waals surface area contributed by atoms with E-state index in [1.54, 1.807) is 72.4 Å². The molecule has 1 fully saturated rings. The molecule has 2 atom stereocenters. The van der Waals surface area contributed by atoms with Gasteiger partial charge in [-0.2, -0.15) is 9.41 Å². The first-order valence-electron chi connectivity index (χ1n) is 15.9. The Labute approximate surface area is 297 Å². The molecule has 0 aliphatic carbocycles. The highest BCUT2D eigenvalue weighted by Gasteiger charge is 2.37. The minimum absolute atomic E-state index is 0.123. The molecule has 0 bridgehead atoms. The number of halogens is 2. The van der Waals surface area contributed by atoms with Crippen LogP contribution >= 0.6 is 23.4 Å². The molecular formula is C35H32ClFN6O5S2. The average Bonchev–Trinajstić information content (AvgIpc) is 3.91. The third-order valence-electron chi connectivity index (χ3n) is 8.49. The molecule has 0 radical (unpaired) electrons. The molecule has 7 rings (SSSR count). The molecule has 1 amide bonds. The first-order chi connectivity index (χ1) is 24.2. The van der Waals surface area contributed by atoms with Crippen molar-refractivity contribution in [2.75, 3.05) is 26.3 Å². The molecule has 50 heavy (non-hydrogen) atoms. The van der Waals surface area contributed by atoms with Gasteiger partial charge in [0.05, 0.1) is 41.9 Å². The number of amides is 1. The van der Waals surface area contributed by atoms with Crippen molar-refractivity contribution in [2.45, 2.75) is 41.2 Å². The van der Waals surface area contributed by atoms with Crippen LogP contribution in [0.15, 0.2) is 111 Å². The van der Waals surface area contributed by atoms with Gasteiger partial charge in [0.15, 0.2) is 11.0 Å². The number of morpholine rings is 1. The van der Waals surface area contributed by atoms with Crippen LogP contribution in [0.4, 0.5) is 4.39 Å². The fourth-order valence-corrected chi connectivity index (χ4v) is 8.34. The largest absolute Gasteiger partial charge is 0.467 e. The second kappa shape index (κ2) is 14.5. The molecule has 2 unspecified atom stereocenters. The van der Waals surface area contributed by atoms with Crippen LogP contribution in [0.25, 0.3) is 11.4 Å². The molecule has 0 N–H and O–H groups in total. The van der Waals surface area contributed by atoms with Crippen LogP contribution in [0.2, 0.25) is 5.02 Å². The zero-order valence-corrected chi connectivity index (χ0v) is 29.2. The highest BCUT2D eigenvalue weighted by atomic mass is 35.5. The minimum atomic E-state index is -3.78. The molecule has 0 spiro atoms. The number of aromatic nitrogens is 3. The van der Waals surface area contributed by atoms with Crippen LogP contribution in [-0.4, -0.2) is 75.7 Å². The molecule has 2 aliphatic rings. The Morgan fingerprint density at radius 3 is 2.48 bits per heavy atom. The summed E-state index contributed by atoms with van der Waals surface area (Å²) in [7, 11) is -3.78. The number of sulfonamides is 1. The maximum absolute atomic E-state index is 14.1. The van der Waals surface area contributed by atoms with E-state index in [0.717, 1.165) is 16.8 Å². The van der Waals surface area contributed by atoms with Gasteiger partial charge in [0.1, 0.15) is 17.6 Å². The zero-order chi connectivity index (χ0) is 34.8. The third kappa shape index (κ3) is 7.12. The van der Waals surface area contributed by atoms with Gasteiger partial charge in [-0.1, -0.05) is 59.8 Å². The molecule has 15 heteroatoms. The Kier molecular flexibility index (Phi) is 9.89. The van der Waals surface area contributed by atoms with Crippen molar-refractivity contribution in [1.29, 1.82) is 0 Å². The lowest BCUT2D eigenvalue weighted by Crippen LogP contribution is -2.40. The lowest BCUT2D eigenvalue weighted by Gasteiger charge is -2.26. The number of carbonyl (C=O) groups is 1.